The van der Waals surface area contributed by atoms with Gasteiger partial charge in [0.25, 0.3) is 0 Å². The van der Waals surface area contributed by atoms with Gasteiger partial charge in [0.2, 0.25) is 5.82 Å². The Bertz CT molecular complexity index is 1170. The molecule has 0 saturated carbocycles. The summed E-state index contributed by atoms with van der Waals surface area (Å²) >= 11 is 0. The van der Waals surface area contributed by atoms with Crippen molar-refractivity contribution in [2.75, 3.05) is 0 Å². The van der Waals surface area contributed by atoms with Crippen LogP contribution in [0.4, 0.5) is 0 Å². The fourth-order valence-corrected chi connectivity index (χ4v) is 5.37. The van der Waals surface area contributed by atoms with Crippen molar-refractivity contribution in [2.45, 2.75) is 77.6 Å². The number of aryl methyl sites for hydroxylation is 2. The lowest BCUT2D eigenvalue weighted by atomic mass is 9.62. The Balaban J connectivity index is 1.58. The van der Waals surface area contributed by atoms with Gasteiger partial charge in [-0.15, -0.1) is 10.2 Å². The summed E-state index contributed by atoms with van der Waals surface area (Å²) in [5, 5.41) is 14.5. The minimum atomic E-state index is 0.232. The highest BCUT2D eigenvalue weighted by atomic mass is 15.5. The van der Waals surface area contributed by atoms with Crippen LogP contribution in [-0.2, 0) is 17.3 Å². The number of aromatic nitrogens is 4. The number of rotatable bonds is 2. The van der Waals surface area contributed by atoms with Gasteiger partial charge in [-0.3, -0.25) is 0 Å². The van der Waals surface area contributed by atoms with Crippen LogP contribution in [0.3, 0.4) is 0 Å². The van der Waals surface area contributed by atoms with Crippen LogP contribution < -0.4 is 0 Å². The van der Waals surface area contributed by atoms with Gasteiger partial charge in [0.05, 0.1) is 0 Å². The first-order valence-corrected chi connectivity index (χ1v) is 11.5. The Labute approximate surface area is 185 Å². The molecule has 0 saturated heterocycles. The summed E-state index contributed by atoms with van der Waals surface area (Å²) in [6.07, 6.45) is 8.34. The maximum absolute atomic E-state index is 4.14. The van der Waals surface area contributed by atoms with E-state index in [0.29, 0.717) is 5.82 Å². The number of benzene rings is 2. The summed E-state index contributed by atoms with van der Waals surface area (Å²) in [6, 6.07) is 11.5. The summed E-state index contributed by atoms with van der Waals surface area (Å²) < 4.78 is 0. The molecule has 0 aliphatic heterocycles. The number of H-pyrrole nitrogens is 1. The Morgan fingerprint density at radius 1 is 0.935 bits per heavy atom. The molecule has 160 valence electrons. The van der Waals surface area contributed by atoms with Gasteiger partial charge in [-0.25, -0.2) is 0 Å². The fraction of sp³-hybridized carbons (Fsp3) is 0.444. The first-order valence-electron chi connectivity index (χ1n) is 11.5. The number of tetrazole rings is 1. The van der Waals surface area contributed by atoms with Crippen LogP contribution in [0, 0.1) is 6.92 Å². The van der Waals surface area contributed by atoms with Crippen LogP contribution in [0.2, 0.25) is 0 Å². The van der Waals surface area contributed by atoms with Crippen molar-refractivity contribution in [3.05, 3.63) is 63.7 Å². The number of allylic oxidation sites excluding steroid dienone is 1. The Morgan fingerprint density at radius 3 is 2.39 bits per heavy atom. The molecule has 2 aliphatic carbocycles. The zero-order valence-corrected chi connectivity index (χ0v) is 19.3. The molecule has 1 N–H and O–H groups in total. The van der Waals surface area contributed by atoms with Crippen LogP contribution in [-0.4, -0.2) is 20.6 Å². The van der Waals surface area contributed by atoms with Gasteiger partial charge >= 0.3 is 0 Å². The third-order valence-corrected chi connectivity index (χ3v) is 7.52. The third kappa shape index (κ3) is 3.52. The van der Waals surface area contributed by atoms with Crippen LogP contribution in [0.15, 0.2) is 30.3 Å². The molecule has 0 bridgehead atoms. The van der Waals surface area contributed by atoms with Gasteiger partial charge in [-0.1, -0.05) is 58.0 Å². The predicted molar refractivity (Wildman–Crippen MR) is 127 cm³/mol. The first-order chi connectivity index (χ1) is 14.7. The van der Waals surface area contributed by atoms with E-state index in [2.05, 4.69) is 91.7 Å². The molecule has 4 nitrogen and oxygen atoms in total. The first kappa shape index (κ1) is 20.2. The number of aromatic amines is 1. The van der Waals surface area contributed by atoms with E-state index in [9.17, 15) is 0 Å². The Hall–Kier alpha value is -2.75. The molecule has 0 radical (unpaired) electrons. The zero-order valence-electron chi connectivity index (χ0n) is 19.3. The van der Waals surface area contributed by atoms with Crippen molar-refractivity contribution in [2.24, 2.45) is 0 Å². The van der Waals surface area contributed by atoms with E-state index in [4.69, 9.17) is 0 Å². The van der Waals surface area contributed by atoms with Crippen LogP contribution in [0.1, 0.15) is 86.8 Å². The highest BCUT2D eigenvalue weighted by Gasteiger charge is 2.37. The highest BCUT2D eigenvalue weighted by molar-refractivity contribution is 5.85. The molecule has 3 aromatic rings. The lowest BCUT2D eigenvalue weighted by Gasteiger charge is -2.42. The molecule has 0 spiro atoms. The van der Waals surface area contributed by atoms with Crippen molar-refractivity contribution in [1.29, 1.82) is 0 Å². The van der Waals surface area contributed by atoms with Gasteiger partial charge < -0.3 is 0 Å². The molecule has 31 heavy (non-hydrogen) atoms. The van der Waals surface area contributed by atoms with Crippen LogP contribution in [0.25, 0.3) is 23.0 Å². The highest BCUT2D eigenvalue weighted by Crippen LogP contribution is 2.47. The molecule has 0 fully saturated rings. The second-order valence-corrected chi connectivity index (χ2v) is 10.7. The van der Waals surface area contributed by atoms with E-state index in [1.165, 1.54) is 58.2 Å². The number of fused-ring (bicyclic) bond motifs is 2. The standard InChI is InChI=1S/C27H32N4/c1-17-13-23-24(27(4,5)12-11-26(23,2)3)16-21(17)15-19-8-6-7-18-14-20(9-10-22(18)19)25-28-30-31-29-25/h9-10,13-16H,6-8,11-12H2,1-5H3,(H,28,29,30,31). The molecule has 0 unspecified atom stereocenters. The monoisotopic (exact) mass is 412 g/mol. The lowest BCUT2D eigenvalue weighted by Crippen LogP contribution is -2.34. The van der Waals surface area contributed by atoms with Crippen LogP contribution in [0.5, 0.6) is 0 Å². The van der Waals surface area contributed by atoms with E-state index in [1.54, 1.807) is 0 Å². The van der Waals surface area contributed by atoms with Gasteiger partial charge in [0, 0.05) is 5.56 Å². The zero-order chi connectivity index (χ0) is 21.8. The smallest absolute Gasteiger partial charge is 0.177 e. The van der Waals surface area contributed by atoms with Crippen LogP contribution >= 0.6 is 0 Å². The van der Waals surface area contributed by atoms with Gasteiger partial charge in [0.1, 0.15) is 0 Å². The molecule has 0 atom stereocenters. The van der Waals surface area contributed by atoms with Crippen molar-refractivity contribution in [3.63, 3.8) is 0 Å². The average Bonchev–Trinajstić information content (AvgIpc) is 3.27. The molecule has 4 heteroatoms. The summed E-state index contributed by atoms with van der Waals surface area (Å²) in [6.45, 7) is 11.9. The van der Waals surface area contributed by atoms with E-state index in [0.717, 1.165) is 18.4 Å². The number of hydrogen-bond acceptors (Lipinski definition) is 3. The molecular formula is C27H32N4. The van der Waals surface area contributed by atoms with Gasteiger partial charge in [-0.2, -0.15) is 5.21 Å². The molecule has 2 aliphatic rings. The average molecular weight is 413 g/mol. The normalized spacial score (nSPS) is 20.4. The van der Waals surface area contributed by atoms with E-state index in [-0.39, 0.29) is 10.8 Å². The number of hydrogen-bond donors (Lipinski definition) is 1. The van der Waals surface area contributed by atoms with Crippen molar-refractivity contribution < 1.29 is 0 Å². The van der Waals surface area contributed by atoms with E-state index < -0.39 is 0 Å². The SMILES string of the molecule is Cc1cc2c(cc1C=C1CCCc3cc(-c4nn[nH]n4)ccc31)C(C)(C)CCC2(C)C. The van der Waals surface area contributed by atoms with Gasteiger partial charge in [-0.05, 0) is 100 Å². The maximum Gasteiger partial charge on any atom is 0.204 e. The maximum atomic E-state index is 4.14. The number of nitrogens with one attached hydrogen (secondary N) is 1. The fourth-order valence-electron chi connectivity index (χ4n) is 5.37. The largest absolute Gasteiger partial charge is 0.204 e. The summed E-state index contributed by atoms with van der Waals surface area (Å²) in [4.78, 5) is 0. The quantitative estimate of drug-likeness (QED) is 0.530. The molecule has 1 aromatic heterocycles. The second kappa shape index (κ2) is 7.15. The van der Waals surface area contributed by atoms with Gasteiger partial charge in [0.15, 0.2) is 0 Å². The van der Waals surface area contributed by atoms with E-state index >= 15 is 0 Å². The van der Waals surface area contributed by atoms with Crippen molar-refractivity contribution >= 4 is 11.6 Å². The summed E-state index contributed by atoms with van der Waals surface area (Å²) in [5.74, 6) is 0.661. The lowest BCUT2D eigenvalue weighted by molar-refractivity contribution is 0.331. The molecule has 0 amide bonds. The summed E-state index contributed by atoms with van der Waals surface area (Å²) in [7, 11) is 0. The Kier molecular flexibility index (Phi) is 4.65. The van der Waals surface area contributed by atoms with E-state index in [1.807, 2.05) is 0 Å². The minimum absolute atomic E-state index is 0.232. The minimum Gasteiger partial charge on any atom is -0.177 e. The third-order valence-electron chi connectivity index (χ3n) is 7.52. The number of nitrogens with zero attached hydrogens (tertiary/aromatic N) is 3. The molecule has 5 rings (SSSR count). The summed E-state index contributed by atoms with van der Waals surface area (Å²) in [5.41, 5.74) is 11.5. The molecular weight excluding hydrogens is 380 g/mol. The molecule has 2 aromatic carbocycles. The van der Waals surface area contributed by atoms with Crippen molar-refractivity contribution in [1.82, 2.24) is 20.6 Å². The topological polar surface area (TPSA) is 54.5 Å². The molecule has 1 heterocycles. The predicted octanol–water partition coefficient (Wildman–Crippen LogP) is 6.40. The second-order valence-electron chi connectivity index (χ2n) is 10.7. The Morgan fingerprint density at radius 2 is 1.68 bits per heavy atom. The van der Waals surface area contributed by atoms with Crippen molar-refractivity contribution in [3.8, 4) is 11.4 Å².